The molecule has 4 rings (SSSR count). The van der Waals surface area contributed by atoms with Crippen LogP contribution in [-0.4, -0.2) is 35.0 Å². The van der Waals surface area contributed by atoms with Gasteiger partial charge in [-0.05, 0) is 54.5 Å². The van der Waals surface area contributed by atoms with Crippen molar-refractivity contribution < 1.29 is 9.90 Å². The Hall–Kier alpha value is -2.33. The normalized spacial score (nSPS) is 20.7. The summed E-state index contributed by atoms with van der Waals surface area (Å²) in [7, 11) is 0. The van der Waals surface area contributed by atoms with E-state index in [1.54, 1.807) is 6.07 Å². The van der Waals surface area contributed by atoms with Gasteiger partial charge in [0.05, 0.1) is 5.92 Å². The molecule has 0 radical (unpaired) electrons. The lowest BCUT2D eigenvalue weighted by atomic mass is 9.98. The molecule has 26 heavy (non-hydrogen) atoms. The molecule has 1 aliphatic heterocycles. The molecule has 4 heteroatoms. The molecule has 0 aromatic heterocycles. The van der Waals surface area contributed by atoms with Crippen molar-refractivity contribution in [2.45, 2.75) is 44.2 Å². The van der Waals surface area contributed by atoms with Gasteiger partial charge in [-0.15, -0.1) is 0 Å². The number of carbonyl (C=O) groups excluding carboxylic acids is 1. The highest BCUT2D eigenvalue weighted by Gasteiger charge is 2.30. The van der Waals surface area contributed by atoms with Crippen LogP contribution >= 0.6 is 0 Å². The Bertz CT molecular complexity index is 781. The van der Waals surface area contributed by atoms with Crippen molar-refractivity contribution in [2.24, 2.45) is 0 Å². The highest BCUT2D eigenvalue weighted by Crippen LogP contribution is 2.33. The van der Waals surface area contributed by atoms with Gasteiger partial charge in [-0.1, -0.05) is 36.4 Å². The van der Waals surface area contributed by atoms with Crippen LogP contribution in [0.5, 0.6) is 5.75 Å². The second kappa shape index (κ2) is 7.50. The zero-order chi connectivity index (χ0) is 17.9. The molecule has 1 heterocycles. The molecule has 2 N–H and O–H groups in total. The monoisotopic (exact) mass is 350 g/mol. The molecule has 2 aliphatic rings. The van der Waals surface area contributed by atoms with E-state index in [0.29, 0.717) is 5.75 Å². The topological polar surface area (TPSA) is 52.6 Å². The molecule has 136 valence electrons. The Labute approximate surface area is 154 Å². The van der Waals surface area contributed by atoms with E-state index in [1.807, 2.05) is 24.3 Å². The van der Waals surface area contributed by atoms with Gasteiger partial charge < -0.3 is 10.4 Å². The van der Waals surface area contributed by atoms with Crippen molar-refractivity contribution >= 4 is 5.91 Å². The zero-order valence-electron chi connectivity index (χ0n) is 15.0. The number of nitrogens with zero attached hydrogens (tertiary/aromatic N) is 1. The number of benzene rings is 2. The number of rotatable bonds is 4. The predicted molar refractivity (Wildman–Crippen MR) is 102 cm³/mol. The van der Waals surface area contributed by atoms with E-state index in [9.17, 15) is 9.90 Å². The number of phenolic OH excluding ortho intramolecular Hbond substituents is 1. The van der Waals surface area contributed by atoms with Gasteiger partial charge in [-0.2, -0.15) is 0 Å². The third-order valence-electron chi connectivity index (χ3n) is 5.70. The lowest BCUT2D eigenvalue weighted by molar-refractivity contribution is -0.123. The standard InChI is InChI=1S/C22H26N2O2/c25-19-6-3-4-16(14-19)15-24-12-10-18(11-13-24)23-22(26)21-9-8-17-5-1-2-7-20(17)21/h1-7,14,18,21,25H,8-13,15H2,(H,23,26)/t21-/m1/s1. The van der Waals surface area contributed by atoms with Crippen molar-refractivity contribution in [1.82, 2.24) is 10.2 Å². The number of piperidine rings is 1. The van der Waals surface area contributed by atoms with Crippen molar-refractivity contribution in [2.75, 3.05) is 13.1 Å². The van der Waals surface area contributed by atoms with Gasteiger partial charge in [0.1, 0.15) is 5.75 Å². The maximum Gasteiger partial charge on any atom is 0.227 e. The summed E-state index contributed by atoms with van der Waals surface area (Å²) in [5.41, 5.74) is 3.68. The minimum absolute atomic E-state index is 0.0246. The maximum atomic E-state index is 12.7. The first-order valence-electron chi connectivity index (χ1n) is 9.57. The summed E-state index contributed by atoms with van der Waals surface area (Å²) < 4.78 is 0. The van der Waals surface area contributed by atoms with Crippen molar-refractivity contribution in [3.8, 4) is 5.75 Å². The highest BCUT2D eigenvalue weighted by molar-refractivity contribution is 5.85. The molecule has 0 saturated carbocycles. The first kappa shape index (κ1) is 17.1. The second-order valence-corrected chi connectivity index (χ2v) is 7.52. The first-order chi connectivity index (χ1) is 12.7. The number of carbonyl (C=O) groups is 1. The third-order valence-corrected chi connectivity index (χ3v) is 5.70. The number of fused-ring (bicyclic) bond motifs is 1. The van der Waals surface area contributed by atoms with Crippen LogP contribution in [0.4, 0.5) is 0 Å². The molecule has 1 atom stereocenters. The number of hydrogen-bond donors (Lipinski definition) is 2. The lowest BCUT2D eigenvalue weighted by Crippen LogP contribution is -2.45. The fraction of sp³-hybridized carbons (Fsp3) is 0.409. The molecule has 0 unspecified atom stereocenters. The number of hydrogen-bond acceptors (Lipinski definition) is 3. The molecule has 1 saturated heterocycles. The number of amides is 1. The van der Waals surface area contributed by atoms with E-state index in [-0.39, 0.29) is 17.9 Å². The average Bonchev–Trinajstić information content (AvgIpc) is 3.08. The molecular formula is C22H26N2O2. The molecular weight excluding hydrogens is 324 g/mol. The van der Waals surface area contributed by atoms with Crippen molar-refractivity contribution in [1.29, 1.82) is 0 Å². The van der Waals surface area contributed by atoms with Crippen molar-refractivity contribution in [3.05, 3.63) is 65.2 Å². The minimum atomic E-state index is 0.0246. The highest BCUT2D eigenvalue weighted by atomic mass is 16.3. The van der Waals surface area contributed by atoms with Gasteiger partial charge >= 0.3 is 0 Å². The fourth-order valence-corrected chi connectivity index (χ4v) is 4.28. The SMILES string of the molecule is O=C(NC1CCN(Cc2cccc(O)c2)CC1)[C@@H]1CCc2ccccc21. The van der Waals surface area contributed by atoms with E-state index in [2.05, 4.69) is 28.4 Å². The third kappa shape index (κ3) is 3.75. The Kier molecular flexibility index (Phi) is 4.93. The quantitative estimate of drug-likeness (QED) is 0.890. The van der Waals surface area contributed by atoms with Gasteiger partial charge in [0.2, 0.25) is 5.91 Å². The summed E-state index contributed by atoms with van der Waals surface area (Å²) in [6.07, 6.45) is 3.91. The van der Waals surface area contributed by atoms with E-state index in [4.69, 9.17) is 0 Å². The second-order valence-electron chi connectivity index (χ2n) is 7.52. The number of nitrogens with one attached hydrogen (secondary N) is 1. The molecule has 2 aromatic rings. The van der Waals surface area contributed by atoms with Crippen LogP contribution in [0, 0.1) is 0 Å². The summed E-state index contributed by atoms with van der Waals surface area (Å²) >= 11 is 0. The first-order valence-corrected chi connectivity index (χ1v) is 9.57. The van der Waals surface area contributed by atoms with Crippen LogP contribution in [0.2, 0.25) is 0 Å². The molecule has 0 spiro atoms. The fourth-order valence-electron chi connectivity index (χ4n) is 4.28. The van der Waals surface area contributed by atoms with Gasteiger partial charge in [-0.3, -0.25) is 9.69 Å². The Morgan fingerprint density at radius 3 is 2.69 bits per heavy atom. The van der Waals surface area contributed by atoms with Gasteiger partial charge in [0.15, 0.2) is 0 Å². The zero-order valence-corrected chi connectivity index (χ0v) is 15.0. The van der Waals surface area contributed by atoms with Crippen LogP contribution < -0.4 is 5.32 Å². The molecule has 2 aromatic carbocycles. The Morgan fingerprint density at radius 2 is 1.88 bits per heavy atom. The maximum absolute atomic E-state index is 12.7. The minimum Gasteiger partial charge on any atom is -0.508 e. The number of aromatic hydroxyl groups is 1. The number of likely N-dealkylation sites (tertiary alicyclic amines) is 1. The van der Waals surface area contributed by atoms with E-state index >= 15 is 0 Å². The summed E-state index contributed by atoms with van der Waals surface area (Å²) in [4.78, 5) is 15.1. The van der Waals surface area contributed by atoms with E-state index in [0.717, 1.165) is 50.9 Å². The smallest absolute Gasteiger partial charge is 0.227 e. The van der Waals surface area contributed by atoms with Gasteiger partial charge in [-0.25, -0.2) is 0 Å². The van der Waals surface area contributed by atoms with Crippen LogP contribution in [-0.2, 0) is 17.8 Å². The molecule has 1 fully saturated rings. The largest absolute Gasteiger partial charge is 0.508 e. The van der Waals surface area contributed by atoms with Gasteiger partial charge in [0, 0.05) is 25.7 Å². The van der Waals surface area contributed by atoms with Crippen LogP contribution in [0.15, 0.2) is 48.5 Å². The molecule has 1 amide bonds. The van der Waals surface area contributed by atoms with Crippen molar-refractivity contribution in [3.63, 3.8) is 0 Å². The van der Waals surface area contributed by atoms with Crippen LogP contribution in [0.1, 0.15) is 41.9 Å². The number of phenols is 1. The lowest BCUT2D eigenvalue weighted by Gasteiger charge is -2.33. The summed E-state index contributed by atoms with van der Waals surface area (Å²) in [6, 6.07) is 16.1. The Balaban J connectivity index is 1.28. The summed E-state index contributed by atoms with van der Waals surface area (Å²) in [5, 5.41) is 12.9. The van der Waals surface area contributed by atoms with Gasteiger partial charge in [0.25, 0.3) is 0 Å². The molecule has 4 nitrogen and oxygen atoms in total. The average molecular weight is 350 g/mol. The van der Waals surface area contributed by atoms with Crippen LogP contribution in [0.25, 0.3) is 0 Å². The van der Waals surface area contributed by atoms with E-state index in [1.165, 1.54) is 11.1 Å². The van der Waals surface area contributed by atoms with E-state index < -0.39 is 0 Å². The Morgan fingerprint density at radius 1 is 1.08 bits per heavy atom. The number of aryl methyl sites for hydroxylation is 1. The molecule has 0 bridgehead atoms. The van der Waals surface area contributed by atoms with Crippen LogP contribution in [0.3, 0.4) is 0 Å². The predicted octanol–water partition coefficient (Wildman–Crippen LogP) is 3.20. The summed E-state index contributed by atoms with van der Waals surface area (Å²) in [6.45, 7) is 2.80. The molecule has 1 aliphatic carbocycles. The summed E-state index contributed by atoms with van der Waals surface area (Å²) in [5.74, 6) is 0.541.